The molecule has 0 saturated carbocycles. The summed E-state index contributed by atoms with van der Waals surface area (Å²) in [4.78, 5) is 2.48. The van der Waals surface area contributed by atoms with E-state index in [0.29, 0.717) is 5.92 Å². The van der Waals surface area contributed by atoms with Crippen LogP contribution in [0, 0.1) is 0 Å². The van der Waals surface area contributed by atoms with Gasteiger partial charge in [-0.3, -0.25) is 0 Å². The van der Waals surface area contributed by atoms with Crippen LogP contribution in [0.2, 0.25) is 0 Å². The van der Waals surface area contributed by atoms with Gasteiger partial charge in [-0.2, -0.15) is 0 Å². The summed E-state index contributed by atoms with van der Waals surface area (Å²) < 4.78 is 1.17. The van der Waals surface area contributed by atoms with Crippen molar-refractivity contribution in [3.8, 4) is 0 Å². The Balaban J connectivity index is 2.32. The minimum Gasteiger partial charge on any atom is -0.369 e. The van der Waals surface area contributed by atoms with Crippen molar-refractivity contribution in [3.63, 3.8) is 0 Å². The van der Waals surface area contributed by atoms with Crippen molar-refractivity contribution >= 4 is 21.6 Å². The van der Waals surface area contributed by atoms with Gasteiger partial charge in [0.05, 0.1) is 0 Å². The molecule has 2 nitrogen and oxygen atoms in total. The Labute approximate surface area is 106 Å². The number of piperazine rings is 1. The molecule has 1 aromatic carbocycles. The first-order valence-corrected chi connectivity index (χ1v) is 6.73. The lowest BCUT2D eigenvalue weighted by Crippen LogP contribution is -2.43. The largest absolute Gasteiger partial charge is 0.369 e. The number of hydrogen-bond acceptors (Lipinski definition) is 2. The van der Waals surface area contributed by atoms with Gasteiger partial charge in [-0.1, -0.05) is 35.8 Å². The highest BCUT2D eigenvalue weighted by molar-refractivity contribution is 9.10. The average molecular weight is 283 g/mol. The van der Waals surface area contributed by atoms with Crippen LogP contribution in [0.15, 0.2) is 22.7 Å². The normalized spacial score (nSPS) is 16.9. The number of nitrogens with zero attached hydrogens (tertiary/aromatic N) is 1. The van der Waals surface area contributed by atoms with Crippen LogP contribution in [-0.2, 0) is 0 Å². The molecule has 1 saturated heterocycles. The number of benzene rings is 1. The van der Waals surface area contributed by atoms with Crippen LogP contribution in [0.25, 0.3) is 0 Å². The molecule has 0 amide bonds. The maximum atomic E-state index is 3.57. The average Bonchev–Trinajstić information content (AvgIpc) is 2.29. The molecule has 0 spiro atoms. The summed E-state index contributed by atoms with van der Waals surface area (Å²) in [5, 5.41) is 3.39. The lowest BCUT2D eigenvalue weighted by Gasteiger charge is -2.32. The Morgan fingerprint density at radius 3 is 2.56 bits per heavy atom. The van der Waals surface area contributed by atoms with Gasteiger partial charge in [0, 0.05) is 36.3 Å². The van der Waals surface area contributed by atoms with Crippen molar-refractivity contribution < 1.29 is 0 Å². The predicted molar refractivity (Wildman–Crippen MR) is 73.3 cm³/mol. The number of halogens is 1. The summed E-state index contributed by atoms with van der Waals surface area (Å²) in [6, 6.07) is 6.63. The smallest absolute Gasteiger partial charge is 0.0413 e. The molecule has 1 fully saturated rings. The molecule has 0 unspecified atom stereocenters. The molecule has 3 heteroatoms. The van der Waals surface area contributed by atoms with E-state index in [2.05, 4.69) is 58.2 Å². The van der Waals surface area contributed by atoms with Crippen molar-refractivity contribution in [1.29, 1.82) is 0 Å². The molecule has 0 aromatic heterocycles. The predicted octanol–water partition coefficient (Wildman–Crippen LogP) is 2.98. The Morgan fingerprint density at radius 2 is 1.94 bits per heavy atom. The molecule has 2 rings (SSSR count). The highest BCUT2D eigenvalue weighted by Gasteiger charge is 2.15. The first-order valence-electron chi connectivity index (χ1n) is 5.93. The van der Waals surface area contributed by atoms with Crippen molar-refractivity contribution in [1.82, 2.24) is 5.32 Å². The van der Waals surface area contributed by atoms with Crippen LogP contribution < -0.4 is 10.2 Å². The van der Waals surface area contributed by atoms with E-state index in [1.165, 1.54) is 15.7 Å². The van der Waals surface area contributed by atoms with E-state index in [-0.39, 0.29) is 0 Å². The first-order chi connectivity index (χ1) is 7.68. The first kappa shape index (κ1) is 11.9. The third-order valence-corrected chi connectivity index (χ3v) is 3.57. The van der Waals surface area contributed by atoms with E-state index in [1.807, 2.05) is 0 Å². The molecule has 0 atom stereocenters. The number of hydrogen-bond donors (Lipinski definition) is 1. The molecule has 1 aliphatic heterocycles. The van der Waals surface area contributed by atoms with Crippen LogP contribution >= 0.6 is 15.9 Å². The molecule has 0 radical (unpaired) electrons. The fourth-order valence-corrected chi connectivity index (χ4v) is 2.53. The number of nitrogens with one attached hydrogen (secondary N) is 1. The van der Waals surface area contributed by atoms with Crippen LogP contribution in [0.4, 0.5) is 5.69 Å². The molecule has 1 N–H and O–H groups in total. The minimum absolute atomic E-state index is 0.581. The molecule has 1 aromatic rings. The Kier molecular flexibility index (Phi) is 3.87. The van der Waals surface area contributed by atoms with Crippen molar-refractivity contribution in [3.05, 3.63) is 28.2 Å². The molecule has 1 heterocycles. The zero-order valence-electron chi connectivity index (χ0n) is 9.96. The van der Waals surface area contributed by atoms with Crippen molar-refractivity contribution in [2.24, 2.45) is 0 Å². The van der Waals surface area contributed by atoms with Crippen LogP contribution in [0.3, 0.4) is 0 Å². The van der Waals surface area contributed by atoms with E-state index in [1.54, 1.807) is 0 Å². The highest BCUT2D eigenvalue weighted by Crippen LogP contribution is 2.30. The third kappa shape index (κ3) is 2.58. The van der Waals surface area contributed by atoms with Crippen LogP contribution in [0.1, 0.15) is 25.3 Å². The van der Waals surface area contributed by atoms with Crippen LogP contribution in [-0.4, -0.2) is 26.2 Å². The van der Waals surface area contributed by atoms with Gasteiger partial charge >= 0.3 is 0 Å². The van der Waals surface area contributed by atoms with Gasteiger partial charge in [0.1, 0.15) is 0 Å². The summed E-state index contributed by atoms with van der Waals surface area (Å²) in [5.41, 5.74) is 2.84. The summed E-state index contributed by atoms with van der Waals surface area (Å²) in [5.74, 6) is 0.581. The molecular formula is C13H19BrN2. The summed E-state index contributed by atoms with van der Waals surface area (Å²) in [7, 11) is 0. The van der Waals surface area contributed by atoms with Gasteiger partial charge in [0.25, 0.3) is 0 Å². The maximum Gasteiger partial charge on any atom is 0.0413 e. The molecule has 1 aliphatic rings. The second-order valence-corrected chi connectivity index (χ2v) is 5.51. The topological polar surface area (TPSA) is 15.3 Å². The molecule has 0 aliphatic carbocycles. The van der Waals surface area contributed by atoms with E-state index < -0.39 is 0 Å². The van der Waals surface area contributed by atoms with E-state index in [9.17, 15) is 0 Å². The Hall–Kier alpha value is -0.540. The fourth-order valence-electron chi connectivity index (χ4n) is 2.18. The van der Waals surface area contributed by atoms with E-state index >= 15 is 0 Å². The fraction of sp³-hybridized carbons (Fsp3) is 0.538. The van der Waals surface area contributed by atoms with Gasteiger partial charge in [-0.15, -0.1) is 0 Å². The van der Waals surface area contributed by atoms with E-state index in [4.69, 9.17) is 0 Å². The van der Waals surface area contributed by atoms with Crippen LogP contribution in [0.5, 0.6) is 0 Å². The lowest BCUT2D eigenvalue weighted by molar-refractivity contribution is 0.586. The third-order valence-electron chi connectivity index (χ3n) is 3.07. The van der Waals surface area contributed by atoms with Gasteiger partial charge < -0.3 is 10.2 Å². The molecule has 0 bridgehead atoms. The SMILES string of the molecule is CC(C)c1ccc(Br)cc1N1CCNCC1. The standard InChI is InChI=1S/C13H19BrN2/c1-10(2)12-4-3-11(14)9-13(12)16-7-5-15-6-8-16/h3-4,9-10,15H,5-8H2,1-2H3. The van der Waals surface area contributed by atoms with Gasteiger partial charge in [-0.05, 0) is 23.6 Å². The maximum absolute atomic E-state index is 3.57. The summed E-state index contributed by atoms with van der Waals surface area (Å²) >= 11 is 3.57. The molecule has 16 heavy (non-hydrogen) atoms. The number of rotatable bonds is 2. The second kappa shape index (κ2) is 5.19. The van der Waals surface area contributed by atoms with Gasteiger partial charge in [0.15, 0.2) is 0 Å². The highest BCUT2D eigenvalue weighted by atomic mass is 79.9. The summed E-state index contributed by atoms with van der Waals surface area (Å²) in [6.45, 7) is 8.91. The molecule has 88 valence electrons. The Morgan fingerprint density at radius 1 is 1.25 bits per heavy atom. The van der Waals surface area contributed by atoms with Gasteiger partial charge in [-0.25, -0.2) is 0 Å². The summed E-state index contributed by atoms with van der Waals surface area (Å²) in [6.07, 6.45) is 0. The van der Waals surface area contributed by atoms with Gasteiger partial charge in [0.2, 0.25) is 0 Å². The monoisotopic (exact) mass is 282 g/mol. The quantitative estimate of drug-likeness (QED) is 0.897. The zero-order chi connectivity index (χ0) is 11.5. The van der Waals surface area contributed by atoms with Crippen molar-refractivity contribution in [2.75, 3.05) is 31.1 Å². The number of anilines is 1. The van der Waals surface area contributed by atoms with Crippen molar-refractivity contribution in [2.45, 2.75) is 19.8 Å². The molecular weight excluding hydrogens is 264 g/mol. The Bertz CT molecular complexity index is 357. The minimum atomic E-state index is 0.581. The zero-order valence-corrected chi connectivity index (χ0v) is 11.5. The van der Waals surface area contributed by atoms with E-state index in [0.717, 1.165) is 26.2 Å². The second-order valence-electron chi connectivity index (χ2n) is 4.59. The lowest BCUT2D eigenvalue weighted by atomic mass is 10.00.